The van der Waals surface area contributed by atoms with Crippen LogP contribution >= 0.6 is 23.2 Å². The molecule has 134 valence electrons. The summed E-state index contributed by atoms with van der Waals surface area (Å²) in [7, 11) is 0. The van der Waals surface area contributed by atoms with Crippen LogP contribution in [0.25, 0.3) is 5.69 Å². The molecule has 9 heteroatoms. The van der Waals surface area contributed by atoms with E-state index in [1.807, 2.05) is 24.4 Å². The van der Waals surface area contributed by atoms with Crippen molar-refractivity contribution in [3.8, 4) is 5.69 Å². The Hall–Kier alpha value is -2.38. The van der Waals surface area contributed by atoms with E-state index in [0.717, 1.165) is 24.5 Å². The van der Waals surface area contributed by atoms with Crippen molar-refractivity contribution in [3.63, 3.8) is 0 Å². The number of anilines is 2. The van der Waals surface area contributed by atoms with Gasteiger partial charge in [-0.25, -0.2) is 4.98 Å². The van der Waals surface area contributed by atoms with E-state index in [4.69, 9.17) is 23.2 Å². The number of benzene rings is 1. The molecule has 1 saturated heterocycles. The second-order valence-corrected chi connectivity index (χ2v) is 6.81. The minimum Gasteiger partial charge on any atom is -0.356 e. The van der Waals surface area contributed by atoms with E-state index < -0.39 is 0 Å². The van der Waals surface area contributed by atoms with Gasteiger partial charge >= 0.3 is 0 Å². The summed E-state index contributed by atoms with van der Waals surface area (Å²) in [4.78, 5) is 6.87. The number of tetrazole rings is 1. The third-order valence-electron chi connectivity index (χ3n) is 4.34. The zero-order valence-electron chi connectivity index (χ0n) is 13.9. The molecule has 3 aromatic rings. The van der Waals surface area contributed by atoms with Crippen LogP contribution in [0.5, 0.6) is 0 Å². The highest BCUT2D eigenvalue weighted by Crippen LogP contribution is 2.29. The Labute approximate surface area is 160 Å². The highest BCUT2D eigenvalue weighted by Gasteiger charge is 2.18. The highest BCUT2D eigenvalue weighted by molar-refractivity contribution is 6.43. The fourth-order valence-electron chi connectivity index (χ4n) is 3.07. The van der Waals surface area contributed by atoms with Crippen LogP contribution in [0.2, 0.25) is 10.0 Å². The topological polar surface area (TPSA) is 71.8 Å². The summed E-state index contributed by atoms with van der Waals surface area (Å²) in [5.41, 5.74) is 1.72. The quantitative estimate of drug-likeness (QED) is 0.718. The first kappa shape index (κ1) is 17.1. The van der Waals surface area contributed by atoms with Crippen molar-refractivity contribution in [2.24, 2.45) is 0 Å². The minimum absolute atomic E-state index is 0.406. The van der Waals surface area contributed by atoms with Crippen LogP contribution in [-0.4, -0.2) is 38.3 Å². The summed E-state index contributed by atoms with van der Waals surface area (Å²) in [6.07, 6.45) is 4.23. The van der Waals surface area contributed by atoms with E-state index in [9.17, 15) is 0 Å². The molecule has 4 rings (SSSR count). The first-order chi connectivity index (χ1) is 12.7. The van der Waals surface area contributed by atoms with Crippen molar-refractivity contribution < 1.29 is 0 Å². The van der Waals surface area contributed by atoms with Gasteiger partial charge in [0.2, 0.25) is 5.95 Å². The molecule has 0 bridgehead atoms. The SMILES string of the molecule is Clc1cccc(-n2nnnc2NCc2cccnc2N2CCCC2)c1Cl. The molecule has 0 atom stereocenters. The zero-order chi connectivity index (χ0) is 17.9. The van der Waals surface area contributed by atoms with Gasteiger partial charge < -0.3 is 10.2 Å². The van der Waals surface area contributed by atoms with Crippen LogP contribution in [0, 0.1) is 0 Å². The van der Waals surface area contributed by atoms with E-state index >= 15 is 0 Å². The lowest BCUT2D eigenvalue weighted by Gasteiger charge is -2.20. The summed E-state index contributed by atoms with van der Waals surface area (Å²) in [6, 6.07) is 9.35. The van der Waals surface area contributed by atoms with Gasteiger partial charge in [-0.2, -0.15) is 4.68 Å². The lowest BCUT2D eigenvalue weighted by molar-refractivity contribution is 0.789. The van der Waals surface area contributed by atoms with Crippen molar-refractivity contribution >= 4 is 35.0 Å². The molecule has 0 spiro atoms. The maximum atomic E-state index is 6.29. The molecule has 0 saturated carbocycles. The molecule has 2 aromatic heterocycles. The Kier molecular flexibility index (Phi) is 4.90. The number of nitrogens with one attached hydrogen (secondary N) is 1. The highest BCUT2D eigenvalue weighted by atomic mass is 35.5. The van der Waals surface area contributed by atoms with Crippen LogP contribution in [0.3, 0.4) is 0 Å². The molecule has 1 N–H and O–H groups in total. The predicted octanol–water partition coefficient (Wildman–Crippen LogP) is 3.58. The van der Waals surface area contributed by atoms with E-state index in [1.165, 1.54) is 12.8 Å². The number of aromatic nitrogens is 5. The molecule has 1 aliphatic heterocycles. The monoisotopic (exact) mass is 389 g/mol. The van der Waals surface area contributed by atoms with Crippen LogP contribution < -0.4 is 10.2 Å². The standard InChI is InChI=1S/C17H17Cl2N7/c18-13-6-3-7-14(15(13)19)26-17(22-23-24-26)21-11-12-5-4-8-20-16(12)25-9-1-2-10-25/h3-8H,1-2,9-11H2,(H,21,22,24). The average Bonchev–Trinajstić information content (AvgIpc) is 3.34. The average molecular weight is 390 g/mol. The molecular formula is C17H17Cl2N7. The summed E-state index contributed by atoms with van der Waals surface area (Å²) < 4.78 is 1.54. The van der Waals surface area contributed by atoms with Gasteiger partial charge in [0.25, 0.3) is 0 Å². The van der Waals surface area contributed by atoms with Gasteiger partial charge in [-0.05, 0) is 41.5 Å². The second-order valence-electron chi connectivity index (χ2n) is 6.02. The van der Waals surface area contributed by atoms with Crippen molar-refractivity contribution in [3.05, 3.63) is 52.1 Å². The Morgan fingerprint density at radius 1 is 1.08 bits per heavy atom. The van der Waals surface area contributed by atoms with E-state index in [2.05, 4.69) is 36.8 Å². The summed E-state index contributed by atoms with van der Waals surface area (Å²) in [6.45, 7) is 2.64. The van der Waals surface area contributed by atoms with Gasteiger partial charge in [-0.1, -0.05) is 40.4 Å². The third-order valence-corrected chi connectivity index (χ3v) is 5.15. The molecule has 0 amide bonds. The van der Waals surface area contributed by atoms with Gasteiger partial charge in [0, 0.05) is 31.4 Å². The Morgan fingerprint density at radius 3 is 2.77 bits per heavy atom. The van der Waals surface area contributed by atoms with Crippen molar-refractivity contribution in [2.45, 2.75) is 19.4 Å². The van der Waals surface area contributed by atoms with E-state index in [0.29, 0.717) is 28.2 Å². The second kappa shape index (κ2) is 7.47. The first-order valence-electron chi connectivity index (χ1n) is 8.39. The Balaban J connectivity index is 1.57. The molecular weight excluding hydrogens is 373 g/mol. The zero-order valence-corrected chi connectivity index (χ0v) is 15.5. The Bertz CT molecular complexity index is 906. The van der Waals surface area contributed by atoms with Gasteiger partial charge in [0.15, 0.2) is 0 Å². The number of rotatable bonds is 5. The van der Waals surface area contributed by atoms with Crippen molar-refractivity contribution in [2.75, 3.05) is 23.3 Å². The van der Waals surface area contributed by atoms with Gasteiger partial charge in [-0.15, -0.1) is 0 Å². The summed E-state index contributed by atoms with van der Waals surface area (Å²) in [5, 5.41) is 16.0. The molecule has 1 fully saturated rings. The molecule has 26 heavy (non-hydrogen) atoms. The van der Waals surface area contributed by atoms with Crippen LogP contribution in [-0.2, 0) is 6.54 Å². The van der Waals surface area contributed by atoms with E-state index in [1.54, 1.807) is 10.7 Å². The molecule has 0 aliphatic carbocycles. The Morgan fingerprint density at radius 2 is 1.92 bits per heavy atom. The fraction of sp³-hybridized carbons (Fsp3) is 0.294. The summed E-state index contributed by atoms with van der Waals surface area (Å²) in [5.74, 6) is 1.50. The summed E-state index contributed by atoms with van der Waals surface area (Å²) >= 11 is 12.4. The van der Waals surface area contributed by atoms with Crippen molar-refractivity contribution in [1.82, 2.24) is 25.2 Å². The van der Waals surface area contributed by atoms with Crippen molar-refractivity contribution in [1.29, 1.82) is 0 Å². The van der Waals surface area contributed by atoms with Gasteiger partial charge in [0.1, 0.15) is 5.82 Å². The molecule has 1 aromatic carbocycles. The number of nitrogens with zero attached hydrogens (tertiary/aromatic N) is 6. The molecule has 1 aliphatic rings. The molecule has 0 radical (unpaired) electrons. The van der Waals surface area contributed by atoms with Crippen LogP contribution in [0.15, 0.2) is 36.5 Å². The normalized spacial score (nSPS) is 14.0. The lowest BCUT2D eigenvalue weighted by Crippen LogP contribution is -2.21. The number of hydrogen-bond acceptors (Lipinski definition) is 6. The number of pyridine rings is 1. The largest absolute Gasteiger partial charge is 0.356 e. The maximum absolute atomic E-state index is 6.29. The number of halogens is 2. The predicted molar refractivity (Wildman–Crippen MR) is 102 cm³/mol. The van der Waals surface area contributed by atoms with Gasteiger partial charge in [-0.3, -0.25) is 0 Å². The molecule has 0 unspecified atom stereocenters. The van der Waals surface area contributed by atoms with Crippen LogP contribution in [0.4, 0.5) is 11.8 Å². The number of hydrogen-bond donors (Lipinski definition) is 1. The lowest BCUT2D eigenvalue weighted by atomic mass is 10.2. The fourth-order valence-corrected chi connectivity index (χ4v) is 3.45. The van der Waals surface area contributed by atoms with Crippen LogP contribution in [0.1, 0.15) is 18.4 Å². The smallest absolute Gasteiger partial charge is 0.248 e. The maximum Gasteiger partial charge on any atom is 0.248 e. The molecule has 3 heterocycles. The minimum atomic E-state index is 0.406. The molecule has 7 nitrogen and oxygen atoms in total. The van der Waals surface area contributed by atoms with E-state index in [-0.39, 0.29) is 0 Å². The third kappa shape index (κ3) is 3.32. The first-order valence-corrected chi connectivity index (χ1v) is 9.15. The van der Waals surface area contributed by atoms with Gasteiger partial charge in [0.05, 0.1) is 15.7 Å².